The van der Waals surface area contributed by atoms with E-state index in [4.69, 9.17) is 14.3 Å². The molecule has 0 atom stereocenters. The molecule has 10 heteroatoms. The molecular formula is C24H19NO8S. The van der Waals surface area contributed by atoms with Gasteiger partial charge in [-0.25, -0.2) is 18.0 Å². The van der Waals surface area contributed by atoms with E-state index in [1.165, 1.54) is 42.5 Å². The maximum atomic E-state index is 12.6. The highest BCUT2D eigenvalue weighted by atomic mass is 32.2. The standard InChI is InChI=1S/C24H19NO8S/c1-34(30,31)25-17-7-5-15(6-8-17)21-22(26)19-10-9-18(12-20(19)33-24(21)29)32-13-14-3-2-4-16(11-14)23(27)28/h2-12,25-26H,13H2,1H3,(H,27,28). The number of rotatable bonds is 7. The number of anilines is 1. The molecule has 4 aromatic rings. The largest absolute Gasteiger partial charge is 0.506 e. The van der Waals surface area contributed by atoms with E-state index in [9.17, 15) is 23.1 Å². The monoisotopic (exact) mass is 481 g/mol. The fourth-order valence-corrected chi connectivity index (χ4v) is 3.95. The molecule has 4 rings (SSSR count). The van der Waals surface area contributed by atoms with Crippen molar-refractivity contribution in [1.82, 2.24) is 0 Å². The Bertz CT molecular complexity index is 1560. The van der Waals surface area contributed by atoms with Crippen molar-refractivity contribution in [2.24, 2.45) is 0 Å². The van der Waals surface area contributed by atoms with Crippen molar-refractivity contribution in [3.05, 3.63) is 88.3 Å². The van der Waals surface area contributed by atoms with Gasteiger partial charge in [-0.15, -0.1) is 0 Å². The van der Waals surface area contributed by atoms with Crippen LogP contribution < -0.4 is 15.1 Å². The summed E-state index contributed by atoms with van der Waals surface area (Å²) in [4.78, 5) is 23.7. The summed E-state index contributed by atoms with van der Waals surface area (Å²) in [5.41, 5.74) is 0.727. The average Bonchev–Trinajstić information content (AvgIpc) is 2.78. The van der Waals surface area contributed by atoms with Crippen LogP contribution in [-0.4, -0.2) is 30.9 Å². The second kappa shape index (κ2) is 8.91. The summed E-state index contributed by atoms with van der Waals surface area (Å²) in [5.74, 6) is -0.961. The van der Waals surface area contributed by atoms with Gasteiger partial charge in [0.1, 0.15) is 29.3 Å². The molecule has 0 saturated heterocycles. The van der Waals surface area contributed by atoms with Crippen LogP contribution in [0.15, 0.2) is 75.9 Å². The summed E-state index contributed by atoms with van der Waals surface area (Å²) < 4.78 is 36.1. The minimum Gasteiger partial charge on any atom is -0.506 e. The Morgan fingerprint density at radius 2 is 1.79 bits per heavy atom. The van der Waals surface area contributed by atoms with Crippen LogP contribution in [-0.2, 0) is 16.6 Å². The van der Waals surface area contributed by atoms with Gasteiger partial charge in [-0.05, 0) is 47.5 Å². The summed E-state index contributed by atoms with van der Waals surface area (Å²) in [6.45, 7) is 0.0921. The third kappa shape index (κ3) is 5.02. The Morgan fingerprint density at radius 3 is 2.47 bits per heavy atom. The van der Waals surface area contributed by atoms with Gasteiger partial charge in [0.05, 0.1) is 17.2 Å². The molecule has 0 fully saturated rings. The first-order chi connectivity index (χ1) is 16.1. The van der Waals surface area contributed by atoms with Gasteiger partial charge >= 0.3 is 11.6 Å². The van der Waals surface area contributed by atoms with Crippen LogP contribution in [0.4, 0.5) is 5.69 Å². The normalized spacial score (nSPS) is 11.3. The number of ether oxygens (including phenoxy) is 1. The molecule has 0 aliphatic carbocycles. The summed E-state index contributed by atoms with van der Waals surface area (Å²) in [6, 6.07) is 16.8. The van der Waals surface area contributed by atoms with Crippen molar-refractivity contribution >= 4 is 32.6 Å². The van der Waals surface area contributed by atoms with Gasteiger partial charge in [-0.1, -0.05) is 24.3 Å². The number of aromatic hydroxyl groups is 1. The molecule has 174 valence electrons. The second-order valence-electron chi connectivity index (χ2n) is 7.52. The van der Waals surface area contributed by atoms with Gasteiger partial charge < -0.3 is 19.4 Å². The molecule has 0 amide bonds. The predicted molar refractivity (Wildman–Crippen MR) is 126 cm³/mol. The molecule has 0 aliphatic rings. The van der Waals surface area contributed by atoms with E-state index >= 15 is 0 Å². The smallest absolute Gasteiger partial charge is 0.347 e. The van der Waals surface area contributed by atoms with Crippen LogP contribution in [0.5, 0.6) is 11.5 Å². The molecule has 3 N–H and O–H groups in total. The van der Waals surface area contributed by atoms with Crippen LogP contribution in [0, 0.1) is 0 Å². The molecule has 0 aliphatic heterocycles. The van der Waals surface area contributed by atoms with Crippen LogP contribution in [0.2, 0.25) is 0 Å². The van der Waals surface area contributed by atoms with Crippen molar-refractivity contribution in [3.63, 3.8) is 0 Å². The van der Waals surface area contributed by atoms with Crippen molar-refractivity contribution in [1.29, 1.82) is 0 Å². The van der Waals surface area contributed by atoms with Crippen molar-refractivity contribution in [2.75, 3.05) is 11.0 Å². The molecule has 9 nitrogen and oxygen atoms in total. The number of nitrogens with one attached hydrogen (secondary N) is 1. The lowest BCUT2D eigenvalue weighted by atomic mass is 10.0. The first-order valence-electron chi connectivity index (χ1n) is 9.94. The lowest BCUT2D eigenvalue weighted by molar-refractivity contribution is 0.0696. The number of fused-ring (bicyclic) bond motifs is 1. The maximum absolute atomic E-state index is 12.6. The summed E-state index contributed by atoms with van der Waals surface area (Å²) in [5, 5.41) is 20.1. The zero-order valence-corrected chi connectivity index (χ0v) is 18.6. The van der Waals surface area contributed by atoms with E-state index in [1.807, 2.05) is 0 Å². The van der Waals surface area contributed by atoms with Crippen molar-refractivity contribution in [2.45, 2.75) is 6.61 Å². The van der Waals surface area contributed by atoms with E-state index in [1.54, 1.807) is 24.3 Å². The topological polar surface area (TPSA) is 143 Å². The van der Waals surface area contributed by atoms with Crippen LogP contribution >= 0.6 is 0 Å². The second-order valence-corrected chi connectivity index (χ2v) is 9.27. The molecule has 1 heterocycles. The molecule has 0 saturated carbocycles. The minimum atomic E-state index is -3.45. The number of hydrogen-bond acceptors (Lipinski definition) is 7. The molecule has 0 bridgehead atoms. The quantitative estimate of drug-likeness (QED) is 0.338. The van der Waals surface area contributed by atoms with Crippen LogP contribution in [0.3, 0.4) is 0 Å². The Kier molecular flexibility index (Phi) is 5.99. The van der Waals surface area contributed by atoms with Crippen LogP contribution in [0.1, 0.15) is 15.9 Å². The molecule has 3 aromatic carbocycles. The Hall–Kier alpha value is -4.31. The highest BCUT2D eigenvalue weighted by molar-refractivity contribution is 7.92. The van der Waals surface area contributed by atoms with Gasteiger partial charge in [0, 0.05) is 11.8 Å². The van der Waals surface area contributed by atoms with Crippen LogP contribution in [0.25, 0.3) is 22.1 Å². The first kappa shape index (κ1) is 22.9. The van der Waals surface area contributed by atoms with E-state index in [0.29, 0.717) is 22.6 Å². The zero-order chi connectivity index (χ0) is 24.5. The maximum Gasteiger partial charge on any atom is 0.347 e. The molecule has 0 radical (unpaired) electrons. The van der Waals surface area contributed by atoms with Gasteiger partial charge in [0.15, 0.2) is 0 Å². The van der Waals surface area contributed by atoms with Crippen molar-refractivity contribution < 1.29 is 32.6 Å². The van der Waals surface area contributed by atoms with Gasteiger partial charge in [-0.3, -0.25) is 4.72 Å². The first-order valence-corrected chi connectivity index (χ1v) is 11.8. The van der Waals surface area contributed by atoms with Gasteiger partial charge in [0.2, 0.25) is 10.0 Å². The lowest BCUT2D eigenvalue weighted by Gasteiger charge is -2.10. The van der Waals surface area contributed by atoms with Gasteiger partial charge in [-0.2, -0.15) is 0 Å². The molecular weight excluding hydrogens is 462 g/mol. The molecule has 34 heavy (non-hydrogen) atoms. The summed E-state index contributed by atoms with van der Waals surface area (Å²) in [7, 11) is -3.45. The number of carboxylic acids is 1. The zero-order valence-electron chi connectivity index (χ0n) is 17.8. The Balaban J connectivity index is 1.61. The number of carboxylic acid groups (broad SMARTS) is 1. The minimum absolute atomic E-state index is 0.0578. The number of sulfonamides is 1. The summed E-state index contributed by atoms with van der Waals surface area (Å²) >= 11 is 0. The predicted octanol–water partition coefficient (Wildman–Crippen LogP) is 3.81. The fraction of sp³-hybridized carbons (Fsp3) is 0.0833. The van der Waals surface area contributed by atoms with Gasteiger partial charge in [0.25, 0.3) is 0 Å². The third-order valence-electron chi connectivity index (χ3n) is 4.91. The average molecular weight is 481 g/mol. The van der Waals surface area contributed by atoms with E-state index in [0.717, 1.165) is 6.26 Å². The fourth-order valence-electron chi connectivity index (χ4n) is 3.39. The number of benzene rings is 3. The number of hydrogen-bond donors (Lipinski definition) is 3. The Labute approximate surface area is 193 Å². The molecule has 0 unspecified atom stereocenters. The van der Waals surface area contributed by atoms with E-state index < -0.39 is 21.6 Å². The highest BCUT2D eigenvalue weighted by Gasteiger charge is 2.17. The van der Waals surface area contributed by atoms with E-state index in [-0.39, 0.29) is 34.5 Å². The number of aromatic carboxylic acids is 1. The van der Waals surface area contributed by atoms with E-state index in [2.05, 4.69) is 4.72 Å². The number of carbonyl (C=O) groups is 1. The molecule has 0 spiro atoms. The Morgan fingerprint density at radius 1 is 1.06 bits per heavy atom. The third-order valence-corrected chi connectivity index (χ3v) is 5.51. The van der Waals surface area contributed by atoms with Crippen molar-refractivity contribution in [3.8, 4) is 22.6 Å². The molecule has 1 aromatic heterocycles. The SMILES string of the molecule is CS(=O)(=O)Nc1ccc(-c2c(O)c3ccc(OCc4cccc(C(=O)O)c4)cc3oc2=O)cc1. The lowest BCUT2D eigenvalue weighted by Crippen LogP contribution is -2.09. The highest BCUT2D eigenvalue weighted by Crippen LogP contribution is 2.35. The summed E-state index contributed by atoms with van der Waals surface area (Å²) in [6.07, 6.45) is 1.02.